The van der Waals surface area contributed by atoms with Crippen molar-refractivity contribution in [2.45, 2.75) is 128 Å². The average molecular weight is 777 g/mol. The molecule has 5 amide bonds. The van der Waals surface area contributed by atoms with E-state index in [-0.39, 0.29) is 30.3 Å². The fraction of sp³-hybridized carbons (Fsp3) is 0.615. The first kappa shape index (κ1) is 38.8. The summed E-state index contributed by atoms with van der Waals surface area (Å²) in [7, 11) is 1.91. The number of amides is 5. The lowest BCUT2D eigenvalue weighted by Gasteiger charge is -2.30. The molecule has 5 N–H and O–H groups in total. The number of nitrogens with zero attached hydrogens (tertiary/aromatic N) is 5. The molecule has 3 aromatic rings. The number of thiophene rings is 1. The Hall–Kier alpha value is -4.44. The minimum absolute atomic E-state index is 0.192. The van der Waals surface area contributed by atoms with Crippen LogP contribution in [0.1, 0.15) is 116 Å². The number of aryl methyl sites for hydroxylation is 1. The van der Waals surface area contributed by atoms with Crippen molar-refractivity contribution in [2.24, 2.45) is 13.0 Å². The zero-order chi connectivity index (χ0) is 38.3. The molecule has 0 spiro atoms. The number of imide groups is 1. The van der Waals surface area contributed by atoms with Gasteiger partial charge < -0.3 is 26.2 Å². The normalized spacial score (nSPS) is 21.1. The summed E-state index contributed by atoms with van der Waals surface area (Å²) in [5.41, 5.74) is 2.99. The number of fused-ring (bicyclic) bond motifs is 1. The van der Waals surface area contributed by atoms with E-state index in [4.69, 9.17) is 0 Å². The van der Waals surface area contributed by atoms with Crippen LogP contribution < -0.4 is 26.6 Å². The van der Waals surface area contributed by atoms with Crippen LogP contribution in [0.3, 0.4) is 0 Å². The van der Waals surface area contributed by atoms with Gasteiger partial charge in [0.1, 0.15) is 11.7 Å². The second-order valence-corrected chi connectivity index (χ2v) is 16.6. The third kappa shape index (κ3) is 10.1. The molecule has 14 nitrogen and oxygen atoms in total. The van der Waals surface area contributed by atoms with E-state index in [9.17, 15) is 23.6 Å². The second kappa shape index (κ2) is 18.0. The van der Waals surface area contributed by atoms with E-state index in [1.807, 2.05) is 17.8 Å². The Kier molecular flexibility index (Phi) is 12.7. The van der Waals surface area contributed by atoms with E-state index in [0.717, 1.165) is 86.0 Å². The van der Waals surface area contributed by atoms with Gasteiger partial charge in [0, 0.05) is 54.8 Å². The standard InChI is InChI=1S/C39H53FN10O4S/c1-49-32(18-24-8-9-24)29(21-45-49)34-30(40)22-43-38(48-34)46-27-12-10-26(11-13-27)41-16-6-4-2-3-5-7-17-42-39(54)44-20-28-19-25-23-50(37(53)35(25)55-28)31-14-15-33(51)47-36(31)52/h19,21-22,24,26-27,31,41H,2-18,20,23H2,1H3,(H2,42,44,54)(H,43,46,48)(H,47,51,52)/t26-,27-,31?. The van der Waals surface area contributed by atoms with Crippen LogP contribution in [0.4, 0.5) is 15.1 Å². The number of halogens is 1. The molecule has 3 aromatic heterocycles. The van der Waals surface area contributed by atoms with Gasteiger partial charge >= 0.3 is 6.03 Å². The van der Waals surface area contributed by atoms with Gasteiger partial charge in [-0.3, -0.25) is 24.4 Å². The van der Waals surface area contributed by atoms with E-state index in [1.54, 1.807) is 6.20 Å². The lowest BCUT2D eigenvalue weighted by Crippen LogP contribution is -2.52. The summed E-state index contributed by atoms with van der Waals surface area (Å²) in [5, 5.41) is 19.7. The molecule has 0 aromatic carbocycles. The number of hydrogen-bond acceptors (Lipinski definition) is 10. The lowest BCUT2D eigenvalue weighted by molar-refractivity contribution is -0.136. The maximum atomic E-state index is 14.8. The third-order valence-corrected chi connectivity index (χ3v) is 12.5. The maximum absolute atomic E-state index is 14.8. The predicted octanol–water partition coefficient (Wildman–Crippen LogP) is 4.94. The fourth-order valence-corrected chi connectivity index (χ4v) is 9.00. The molecule has 1 unspecified atom stereocenters. The smallest absolute Gasteiger partial charge is 0.315 e. The molecule has 4 aliphatic rings. The minimum atomic E-state index is -0.619. The SMILES string of the molecule is Cn1ncc(-c2nc(N[C@H]3CC[C@H](NCCCCCCCCNC(=O)NCc4cc5c(s4)C(=O)N(C4CCC(=O)NC4=O)C5)CC3)ncc2F)c1CC1CC1. The molecule has 296 valence electrons. The Labute approximate surface area is 325 Å². The number of urea groups is 1. The molecule has 2 saturated carbocycles. The maximum Gasteiger partial charge on any atom is 0.315 e. The number of carbonyl (C=O) groups excluding carboxylic acids is 4. The van der Waals surface area contributed by atoms with Gasteiger partial charge in [0.2, 0.25) is 17.8 Å². The Morgan fingerprint density at radius 3 is 2.44 bits per heavy atom. The molecule has 7 rings (SSSR count). The van der Waals surface area contributed by atoms with Gasteiger partial charge in [-0.15, -0.1) is 11.3 Å². The summed E-state index contributed by atoms with van der Waals surface area (Å²) in [4.78, 5) is 60.8. The second-order valence-electron chi connectivity index (χ2n) is 15.5. The van der Waals surface area contributed by atoms with Crippen molar-refractivity contribution in [2.75, 3.05) is 18.4 Å². The van der Waals surface area contributed by atoms with Crippen LogP contribution in [0.2, 0.25) is 0 Å². The van der Waals surface area contributed by atoms with Crippen molar-refractivity contribution in [3.8, 4) is 11.3 Å². The molecule has 2 aliphatic carbocycles. The third-order valence-electron chi connectivity index (χ3n) is 11.3. The molecule has 1 saturated heterocycles. The zero-order valence-electron chi connectivity index (χ0n) is 31.6. The highest BCUT2D eigenvalue weighted by molar-refractivity contribution is 7.14. The Balaban J connectivity index is 0.698. The lowest BCUT2D eigenvalue weighted by atomic mass is 9.91. The van der Waals surface area contributed by atoms with Crippen LogP contribution in [0.15, 0.2) is 18.5 Å². The first-order valence-electron chi connectivity index (χ1n) is 20.0. The summed E-state index contributed by atoms with van der Waals surface area (Å²) >= 11 is 1.34. The molecule has 3 fully saturated rings. The molecule has 0 bridgehead atoms. The highest BCUT2D eigenvalue weighted by Crippen LogP contribution is 2.36. The van der Waals surface area contributed by atoms with Crippen LogP contribution in [0.25, 0.3) is 11.3 Å². The quantitative estimate of drug-likeness (QED) is 0.0885. The topological polar surface area (TPSA) is 175 Å². The first-order chi connectivity index (χ1) is 26.7. The molecule has 2 aliphatic heterocycles. The van der Waals surface area contributed by atoms with Crippen LogP contribution in [-0.2, 0) is 36.1 Å². The van der Waals surface area contributed by atoms with E-state index in [0.29, 0.717) is 54.5 Å². The molecular weight excluding hydrogens is 724 g/mol. The van der Waals surface area contributed by atoms with Crippen molar-refractivity contribution >= 4 is 41.0 Å². The Morgan fingerprint density at radius 1 is 0.945 bits per heavy atom. The number of piperidine rings is 1. The molecule has 5 heterocycles. The van der Waals surface area contributed by atoms with Crippen LogP contribution in [-0.4, -0.2) is 79.6 Å². The summed E-state index contributed by atoms with van der Waals surface area (Å²) in [6.45, 7) is 2.31. The molecule has 16 heteroatoms. The largest absolute Gasteiger partial charge is 0.351 e. The van der Waals surface area contributed by atoms with E-state index in [1.165, 1.54) is 48.1 Å². The van der Waals surface area contributed by atoms with Crippen molar-refractivity contribution < 1.29 is 23.6 Å². The fourth-order valence-electron chi connectivity index (χ4n) is 7.93. The van der Waals surface area contributed by atoms with Crippen molar-refractivity contribution in [1.82, 2.24) is 45.9 Å². The van der Waals surface area contributed by atoms with Crippen molar-refractivity contribution in [3.05, 3.63) is 45.3 Å². The van der Waals surface area contributed by atoms with Crippen LogP contribution in [0.5, 0.6) is 0 Å². The zero-order valence-corrected chi connectivity index (χ0v) is 32.4. The number of nitrogens with one attached hydrogen (secondary N) is 5. The summed E-state index contributed by atoms with van der Waals surface area (Å²) in [6, 6.07) is 1.85. The van der Waals surface area contributed by atoms with Gasteiger partial charge in [-0.2, -0.15) is 5.10 Å². The predicted molar refractivity (Wildman–Crippen MR) is 207 cm³/mol. The number of rotatable bonds is 18. The number of hydrogen-bond donors (Lipinski definition) is 5. The van der Waals surface area contributed by atoms with E-state index >= 15 is 0 Å². The van der Waals surface area contributed by atoms with Gasteiger partial charge in [-0.05, 0) is 88.3 Å². The highest BCUT2D eigenvalue weighted by atomic mass is 32.1. The van der Waals surface area contributed by atoms with Gasteiger partial charge in [0.15, 0.2) is 5.82 Å². The van der Waals surface area contributed by atoms with Crippen molar-refractivity contribution in [3.63, 3.8) is 0 Å². The van der Waals surface area contributed by atoms with Gasteiger partial charge in [0.25, 0.3) is 5.91 Å². The number of unbranched alkanes of at least 4 members (excludes halogenated alkanes) is 5. The average Bonchev–Trinajstić information content (AvgIpc) is 3.69. The van der Waals surface area contributed by atoms with Crippen molar-refractivity contribution in [1.29, 1.82) is 0 Å². The first-order valence-corrected chi connectivity index (χ1v) is 20.8. The van der Waals surface area contributed by atoms with Crippen LogP contribution >= 0.6 is 11.3 Å². The number of carbonyl (C=O) groups is 4. The highest BCUT2D eigenvalue weighted by Gasteiger charge is 2.40. The molecular formula is C39H53FN10O4S. The summed E-state index contributed by atoms with van der Waals surface area (Å²) in [6.07, 6.45) is 17.8. The van der Waals surface area contributed by atoms with E-state index < -0.39 is 17.8 Å². The molecule has 55 heavy (non-hydrogen) atoms. The Morgan fingerprint density at radius 2 is 1.69 bits per heavy atom. The van der Waals surface area contributed by atoms with Gasteiger partial charge in [-0.25, -0.2) is 19.2 Å². The number of anilines is 1. The number of aromatic nitrogens is 4. The summed E-state index contributed by atoms with van der Waals surface area (Å²) < 4.78 is 16.7. The Bertz CT molecular complexity index is 1850. The van der Waals surface area contributed by atoms with Gasteiger partial charge in [-0.1, -0.05) is 25.7 Å². The van der Waals surface area contributed by atoms with Crippen LogP contribution in [0, 0.1) is 11.7 Å². The van der Waals surface area contributed by atoms with Gasteiger partial charge in [0.05, 0.1) is 23.8 Å². The molecule has 0 radical (unpaired) electrons. The monoisotopic (exact) mass is 776 g/mol. The molecule has 1 atom stereocenters. The van der Waals surface area contributed by atoms with E-state index in [2.05, 4.69) is 41.7 Å². The summed E-state index contributed by atoms with van der Waals surface area (Å²) in [5.74, 6) is -0.181. The minimum Gasteiger partial charge on any atom is -0.351 e.